The summed E-state index contributed by atoms with van der Waals surface area (Å²) in [4.78, 5) is 15.4. The highest BCUT2D eigenvalue weighted by Gasteiger charge is 2.25. The number of nitrogens with zero attached hydrogens (tertiary/aromatic N) is 2. The molecule has 1 heterocycles. The molecule has 206 valence electrons. The minimum atomic E-state index is -3.78. The third-order valence-electron chi connectivity index (χ3n) is 6.90. The van der Waals surface area contributed by atoms with Crippen molar-refractivity contribution >= 4 is 21.6 Å². The van der Waals surface area contributed by atoms with Crippen LogP contribution < -0.4 is 9.62 Å². The SMILES string of the molecule is O=C(NCc1ccc(CN2CCOCC2)cc1)c1ccc(CN(c2ccccc2)S(=O)(=O)c2ccccc2)cc1. The van der Waals surface area contributed by atoms with Gasteiger partial charge in [-0.2, -0.15) is 0 Å². The molecule has 0 aromatic heterocycles. The number of sulfonamides is 1. The number of ether oxygens (including phenoxy) is 1. The highest BCUT2D eigenvalue weighted by Crippen LogP contribution is 2.26. The van der Waals surface area contributed by atoms with Gasteiger partial charge in [0, 0.05) is 31.7 Å². The van der Waals surface area contributed by atoms with Crippen LogP contribution in [0.3, 0.4) is 0 Å². The number of rotatable bonds is 10. The molecule has 1 saturated heterocycles. The van der Waals surface area contributed by atoms with Crippen molar-refractivity contribution in [3.63, 3.8) is 0 Å². The van der Waals surface area contributed by atoms with Gasteiger partial charge in [0.2, 0.25) is 0 Å². The van der Waals surface area contributed by atoms with Crippen LogP contribution in [0.25, 0.3) is 0 Å². The van der Waals surface area contributed by atoms with Crippen LogP contribution in [-0.4, -0.2) is 45.5 Å². The number of benzene rings is 4. The lowest BCUT2D eigenvalue weighted by atomic mass is 10.1. The quantitative estimate of drug-likeness (QED) is 0.303. The van der Waals surface area contributed by atoms with Gasteiger partial charge in [-0.15, -0.1) is 0 Å². The minimum Gasteiger partial charge on any atom is -0.379 e. The topological polar surface area (TPSA) is 79.0 Å². The number of morpholine rings is 1. The highest BCUT2D eigenvalue weighted by atomic mass is 32.2. The molecule has 1 aliphatic rings. The molecule has 1 aliphatic heterocycles. The predicted octanol–water partition coefficient (Wildman–Crippen LogP) is 4.84. The number of nitrogens with one attached hydrogen (secondary N) is 1. The Morgan fingerprint density at radius 3 is 1.98 bits per heavy atom. The fourth-order valence-electron chi connectivity index (χ4n) is 4.62. The van der Waals surface area contributed by atoms with Crippen molar-refractivity contribution < 1.29 is 17.9 Å². The first-order valence-corrected chi connectivity index (χ1v) is 14.8. The third kappa shape index (κ3) is 6.96. The van der Waals surface area contributed by atoms with Crippen molar-refractivity contribution in [2.45, 2.75) is 24.5 Å². The van der Waals surface area contributed by atoms with Crippen molar-refractivity contribution in [1.29, 1.82) is 0 Å². The lowest BCUT2D eigenvalue weighted by Crippen LogP contribution is -2.35. The van der Waals surface area contributed by atoms with E-state index in [-0.39, 0.29) is 17.3 Å². The summed E-state index contributed by atoms with van der Waals surface area (Å²) < 4.78 is 33.8. The van der Waals surface area contributed by atoms with Crippen molar-refractivity contribution in [1.82, 2.24) is 10.2 Å². The van der Waals surface area contributed by atoms with E-state index >= 15 is 0 Å². The van der Waals surface area contributed by atoms with Crippen molar-refractivity contribution in [3.8, 4) is 0 Å². The molecule has 4 aromatic carbocycles. The fourth-order valence-corrected chi connectivity index (χ4v) is 6.09. The molecule has 5 rings (SSSR count). The number of carbonyl (C=O) groups excluding carboxylic acids is 1. The van der Waals surface area contributed by atoms with Crippen molar-refractivity contribution in [3.05, 3.63) is 131 Å². The molecule has 1 fully saturated rings. The Labute approximate surface area is 236 Å². The number of hydrogen-bond donors (Lipinski definition) is 1. The predicted molar refractivity (Wildman–Crippen MR) is 156 cm³/mol. The summed E-state index contributed by atoms with van der Waals surface area (Å²) in [5.74, 6) is -0.180. The zero-order valence-corrected chi connectivity index (χ0v) is 23.1. The van der Waals surface area contributed by atoms with E-state index in [1.54, 1.807) is 66.7 Å². The Morgan fingerprint density at radius 2 is 1.32 bits per heavy atom. The molecular weight excluding hydrogens is 522 g/mol. The minimum absolute atomic E-state index is 0.139. The van der Waals surface area contributed by atoms with E-state index in [0.29, 0.717) is 17.8 Å². The summed E-state index contributed by atoms with van der Waals surface area (Å²) in [5, 5.41) is 2.98. The molecule has 0 bridgehead atoms. The summed E-state index contributed by atoms with van der Waals surface area (Å²) in [6.07, 6.45) is 0. The van der Waals surface area contributed by atoms with Crippen LogP contribution in [0.1, 0.15) is 27.0 Å². The van der Waals surface area contributed by atoms with E-state index < -0.39 is 10.0 Å². The molecule has 4 aromatic rings. The van der Waals surface area contributed by atoms with Gasteiger partial charge in [0.15, 0.2) is 0 Å². The van der Waals surface area contributed by atoms with Gasteiger partial charge in [0.25, 0.3) is 15.9 Å². The highest BCUT2D eigenvalue weighted by molar-refractivity contribution is 7.92. The Bertz CT molecular complexity index is 1490. The van der Waals surface area contributed by atoms with Gasteiger partial charge in [-0.1, -0.05) is 72.8 Å². The van der Waals surface area contributed by atoms with Crippen molar-refractivity contribution in [2.75, 3.05) is 30.6 Å². The monoisotopic (exact) mass is 555 g/mol. The van der Waals surface area contributed by atoms with Crippen LogP contribution in [0, 0.1) is 0 Å². The zero-order valence-electron chi connectivity index (χ0n) is 22.3. The average Bonchev–Trinajstić information content (AvgIpc) is 3.01. The molecule has 1 amide bonds. The number of anilines is 1. The maximum atomic E-state index is 13.5. The first-order chi connectivity index (χ1) is 19.5. The zero-order chi connectivity index (χ0) is 27.8. The summed E-state index contributed by atoms with van der Waals surface area (Å²) >= 11 is 0. The first kappa shape index (κ1) is 27.6. The Balaban J connectivity index is 1.21. The normalized spacial score (nSPS) is 14.0. The number of amides is 1. The van der Waals surface area contributed by atoms with E-state index in [0.717, 1.165) is 44.0 Å². The second-order valence-corrected chi connectivity index (χ2v) is 11.6. The number of carbonyl (C=O) groups is 1. The molecule has 1 N–H and O–H groups in total. The Morgan fingerprint density at radius 1 is 0.750 bits per heavy atom. The average molecular weight is 556 g/mol. The van der Waals surface area contributed by atoms with Crippen LogP contribution in [0.15, 0.2) is 114 Å². The van der Waals surface area contributed by atoms with E-state index in [1.165, 1.54) is 9.87 Å². The molecule has 7 nitrogen and oxygen atoms in total. The van der Waals surface area contributed by atoms with E-state index in [4.69, 9.17) is 4.74 Å². The molecule has 0 saturated carbocycles. The van der Waals surface area contributed by atoms with Crippen LogP contribution in [0.4, 0.5) is 5.69 Å². The first-order valence-electron chi connectivity index (χ1n) is 13.4. The summed E-state index contributed by atoms with van der Waals surface area (Å²) in [6, 6.07) is 32.8. The molecule has 0 aliphatic carbocycles. The van der Waals surface area contributed by atoms with Gasteiger partial charge in [-0.05, 0) is 53.1 Å². The summed E-state index contributed by atoms with van der Waals surface area (Å²) in [5.41, 5.74) is 4.14. The molecule has 0 spiro atoms. The summed E-state index contributed by atoms with van der Waals surface area (Å²) in [6.45, 7) is 4.92. The molecule has 0 atom stereocenters. The lowest BCUT2D eigenvalue weighted by Gasteiger charge is -2.26. The van der Waals surface area contributed by atoms with E-state index in [2.05, 4.69) is 22.3 Å². The van der Waals surface area contributed by atoms with Gasteiger partial charge in [-0.25, -0.2) is 8.42 Å². The second-order valence-electron chi connectivity index (χ2n) is 9.74. The largest absolute Gasteiger partial charge is 0.379 e. The standard InChI is InChI=1S/C32H33N3O4S/c36-32(33-23-26-11-13-27(14-12-26)24-34-19-21-39-22-20-34)29-17-15-28(16-18-29)25-35(30-7-3-1-4-8-30)40(37,38)31-9-5-2-6-10-31/h1-18H,19-25H2,(H,33,36). The van der Waals surface area contributed by atoms with Crippen LogP contribution >= 0.6 is 0 Å². The van der Waals surface area contributed by atoms with Gasteiger partial charge in [0.1, 0.15) is 0 Å². The van der Waals surface area contributed by atoms with Gasteiger partial charge < -0.3 is 10.1 Å². The molecule has 0 unspecified atom stereocenters. The van der Waals surface area contributed by atoms with Gasteiger partial charge in [-0.3, -0.25) is 14.0 Å². The maximum absolute atomic E-state index is 13.5. The molecular formula is C32H33N3O4S. The van der Waals surface area contributed by atoms with Gasteiger partial charge in [0.05, 0.1) is 30.3 Å². The molecule has 0 radical (unpaired) electrons. The third-order valence-corrected chi connectivity index (χ3v) is 8.69. The smallest absolute Gasteiger partial charge is 0.264 e. The summed E-state index contributed by atoms with van der Waals surface area (Å²) in [7, 11) is -3.78. The lowest BCUT2D eigenvalue weighted by molar-refractivity contribution is 0.0342. The molecule has 8 heteroatoms. The van der Waals surface area contributed by atoms with E-state index in [9.17, 15) is 13.2 Å². The Hall–Kier alpha value is -3.98. The van der Waals surface area contributed by atoms with Crippen molar-refractivity contribution in [2.24, 2.45) is 0 Å². The van der Waals surface area contributed by atoms with Gasteiger partial charge >= 0.3 is 0 Å². The second kappa shape index (κ2) is 12.9. The molecule has 40 heavy (non-hydrogen) atoms. The van der Waals surface area contributed by atoms with Crippen LogP contribution in [-0.2, 0) is 34.4 Å². The Kier molecular flexibility index (Phi) is 8.91. The van der Waals surface area contributed by atoms with Crippen LogP contribution in [0.2, 0.25) is 0 Å². The number of hydrogen-bond acceptors (Lipinski definition) is 5. The maximum Gasteiger partial charge on any atom is 0.264 e. The van der Waals surface area contributed by atoms with Crippen LogP contribution in [0.5, 0.6) is 0 Å². The number of para-hydroxylation sites is 1. The van der Waals surface area contributed by atoms with E-state index in [1.807, 2.05) is 30.3 Å². The fraction of sp³-hybridized carbons (Fsp3) is 0.219.